The minimum absolute atomic E-state index is 0.00435. The maximum atomic E-state index is 13.0. The Morgan fingerprint density at radius 2 is 1.48 bits per heavy atom. The summed E-state index contributed by atoms with van der Waals surface area (Å²) in [6.45, 7) is 1.81. The summed E-state index contributed by atoms with van der Waals surface area (Å²) in [4.78, 5) is 0. The van der Waals surface area contributed by atoms with Crippen LogP contribution in [0.4, 0.5) is 24.5 Å². The van der Waals surface area contributed by atoms with E-state index < -0.39 is 11.7 Å². The Hall–Kier alpha value is -1.50. The van der Waals surface area contributed by atoms with Gasteiger partial charge in [0.05, 0.1) is 11.3 Å². The molecule has 0 aliphatic rings. The lowest BCUT2D eigenvalue weighted by molar-refractivity contribution is -0.136. The Kier molecular flexibility index (Phi) is 5.39. The van der Waals surface area contributed by atoms with Gasteiger partial charge in [-0.1, -0.05) is 23.2 Å². The first kappa shape index (κ1) is 17.8. The van der Waals surface area contributed by atoms with E-state index >= 15 is 0 Å². The van der Waals surface area contributed by atoms with Gasteiger partial charge in [-0.2, -0.15) is 13.2 Å². The molecule has 8 heteroatoms. The molecule has 2 N–H and O–H groups in total. The molecule has 0 aliphatic heterocycles. The molecule has 0 radical (unpaired) electrons. The third-order valence-corrected chi connectivity index (χ3v) is 3.65. The lowest BCUT2D eigenvalue weighted by Crippen LogP contribution is -2.22. The van der Waals surface area contributed by atoms with Crippen molar-refractivity contribution in [3.8, 4) is 0 Å². The molecule has 0 aromatic heterocycles. The van der Waals surface area contributed by atoms with E-state index in [9.17, 15) is 13.2 Å². The van der Waals surface area contributed by atoms with Crippen LogP contribution < -0.4 is 10.6 Å². The summed E-state index contributed by atoms with van der Waals surface area (Å²) < 4.78 is 39.1. The molecule has 0 unspecified atom stereocenters. The molecule has 2 aromatic carbocycles. The van der Waals surface area contributed by atoms with Crippen molar-refractivity contribution in [1.82, 2.24) is 0 Å². The zero-order valence-corrected chi connectivity index (χ0v) is 14.1. The van der Waals surface area contributed by atoms with Gasteiger partial charge in [0, 0.05) is 15.7 Å². The lowest BCUT2D eigenvalue weighted by atomic mass is 10.1. The number of halogens is 5. The number of aryl methyl sites for hydroxylation is 1. The summed E-state index contributed by atoms with van der Waals surface area (Å²) in [6.07, 6.45) is -4.54. The number of hydrogen-bond donors (Lipinski definition) is 2. The Labute approximate surface area is 146 Å². The van der Waals surface area contributed by atoms with Crippen molar-refractivity contribution in [2.45, 2.75) is 13.1 Å². The monoisotopic (exact) mass is 378 g/mol. The second kappa shape index (κ2) is 6.95. The average molecular weight is 379 g/mol. The van der Waals surface area contributed by atoms with Gasteiger partial charge in [0.15, 0.2) is 5.11 Å². The quantitative estimate of drug-likeness (QED) is 0.614. The average Bonchev–Trinajstić information content (AvgIpc) is 2.43. The number of rotatable bonds is 2. The molecule has 2 rings (SSSR count). The van der Waals surface area contributed by atoms with Gasteiger partial charge in [-0.15, -0.1) is 0 Å². The minimum Gasteiger partial charge on any atom is -0.332 e. The first-order chi connectivity index (χ1) is 10.7. The molecule has 23 heavy (non-hydrogen) atoms. The van der Waals surface area contributed by atoms with Crippen molar-refractivity contribution in [2.24, 2.45) is 0 Å². The molecule has 0 spiro atoms. The fraction of sp³-hybridized carbons (Fsp3) is 0.133. The van der Waals surface area contributed by atoms with Crippen LogP contribution >= 0.6 is 35.4 Å². The van der Waals surface area contributed by atoms with Crippen LogP contribution in [0.3, 0.4) is 0 Å². The topological polar surface area (TPSA) is 24.1 Å². The van der Waals surface area contributed by atoms with Crippen LogP contribution in [0.15, 0.2) is 36.4 Å². The number of anilines is 2. The predicted molar refractivity (Wildman–Crippen MR) is 92.5 cm³/mol. The van der Waals surface area contributed by atoms with Crippen LogP contribution in [0, 0.1) is 6.92 Å². The fourth-order valence-corrected chi connectivity index (χ4v) is 2.52. The Balaban J connectivity index is 2.21. The van der Waals surface area contributed by atoms with Gasteiger partial charge in [-0.25, -0.2) is 0 Å². The Morgan fingerprint density at radius 1 is 0.957 bits per heavy atom. The maximum Gasteiger partial charge on any atom is 0.418 e. The number of alkyl halides is 3. The normalized spacial score (nSPS) is 11.2. The maximum absolute atomic E-state index is 13.0. The highest BCUT2D eigenvalue weighted by Crippen LogP contribution is 2.36. The number of nitrogens with one attached hydrogen (secondary N) is 2. The Morgan fingerprint density at radius 3 is 2.04 bits per heavy atom. The SMILES string of the molecule is Cc1cc(Cl)ccc1NC(=S)Nc1ccc(Cl)cc1C(F)(F)F. The summed E-state index contributed by atoms with van der Waals surface area (Å²) in [5, 5.41) is 5.97. The molecular formula is C15H11Cl2F3N2S. The molecule has 0 saturated carbocycles. The van der Waals surface area contributed by atoms with Crippen molar-refractivity contribution < 1.29 is 13.2 Å². The highest BCUT2D eigenvalue weighted by atomic mass is 35.5. The molecule has 0 bridgehead atoms. The smallest absolute Gasteiger partial charge is 0.332 e. The minimum atomic E-state index is -4.54. The van der Waals surface area contributed by atoms with Gasteiger partial charge in [-0.3, -0.25) is 0 Å². The summed E-state index contributed by atoms with van der Waals surface area (Å²) in [7, 11) is 0. The first-order valence-corrected chi connectivity index (χ1v) is 7.54. The van der Waals surface area contributed by atoms with E-state index in [1.807, 2.05) is 0 Å². The second-order valence-corrected chi connectivity index (χ2v) is 6.01. The zero-order valence-electron chi connectivity index (χ0n) is 11.8. The molecule has 0 aliphatic carbocycles. The van der Waals surface area contributed by atoms with Crippen molar-refractivity contribution >= 4 is 51.9 Å². The van der Waals surface area contributed by atoms with E-state index in [2.05, 4.69) is 10.6 Å². The molecule has 2 aromatic rings. The fourth-order valence-electron chi connectivity index (χ4n) is 1.90. The van der Waals surface area contributed by atoms with Crippen LogP contribution in [-0.4, -0.2) is 5.11 Å². The van der Waals surface area contributed by atoms with Crippen LogP contribution in [0.5, 0.6) is 0 Å². The molecule has 0 saturated heterocycles. The molecule has 2 nitrogen and oxygen atoms in total. The predicted octanol–water partition coefficient (Wildman–Crippen LogP) is 6.13. The zero-order chi connectivity index (χ0) is 17.2. The van der Waals surface area contributed by atoms with Gasteiger partial charge in [0.2, 0.25) is 0 Å². The molecule has 0 atom stereocenters. The molecule has 0 heterocycles. The highest BCUT2D eigenvalue weighted by molar-refractivity contribution is 7.80. The number of benzene rings is 2. The van der Waals surface area contributed by atoms with Crippen molar-refractivity contribution in [2.75, 3.05) is 10.6 Å². The molecule has 0 fully saturated rings. The second-order valence-electron chi connectivity index (χ2n) is 4.73. The molecule has 0 amide bonds. The van der Waals surface area contributed by atoms with Crippen molar-refractivity contribution in [3.05, 3.63) is 57.6 Å². The van der Waals surface area contributed by atoms with Crippen LogP contribution in [0.1, 0.15) is 11.1 Å². The van der Waals surface area contributed by atoms with E-state index in [0.717, 1.165) is 11.6 Å². The highest BCUT2D eigenvalue weighted by Gasteiger charge is 2.34. The van der Waals surface area contributed by atoms with E-state index in [4.69, 9.17) is 35.4 Å². The summed E-state index contributed by atoms with van der Waals surface area (Å²) >= 11 is 16.6. The van der Waals surface area contributed by atoms with Crippen LogP contribution in [0.2, 0.25) is 10.0 Å². The summed E-state index contributed by atoms with van der Waals surface area (Å²) in [5.74, 6) is 0. The van der Waals surface area contributed by atoms with Gasteiger partial charge in [-0.05, 0) is 61.1 Å². The summed E-state index contributed by atoms with van der Waals surface area (Å²) in [5.41, 5.74) is 0.399. The van der Waals surface area contributed by atoms with Crippen molar-refractivity contribution in [3.63, 3.8) is 0 Å². The standard InChI is InChI=1S/C15H11Cl2F3N2S/c1-8-6-9(16)2-4-12(8)21-14(23)22-13-5-3-10(17)7-11(13)15(18,19)20/h2-7H,1H3,(H2,21,22,23). The first-order valence-electron chi connectivity index (χ1n) is 6.38. The van der Waals surface area contributed by atoms with Gasteiger partial charge in [0.25, 0.3) is 0 Å². The van der Waals surface area contributed by atoms with Crippen LogP contribution in [0.25, 0.3) is 0 Å². The number of thiocarbonyl (C=S) groups is 1. The van der Waals surface area contributed by atoms with Gasteiger partial charge >= 0.3 is 6.18 Å². The van der Waals surface area contributed by atoms with Crippen molar-refractivity contribution in [1.29, 1.82) is 0 Å². The number of hydrogen-bond acceptors (Lipinski definition) is 1. The third-order valence-electron chi connectivity index (χ3n) is 2.97. The third kappa shape index (κ3) is 4.73. The molecule has 122 valence electrons. The summed E-state index contributed by atoms with van der Waals surface area (Å²) in [6, 6.07) is 8.50. The Bertz CT molecular complexity index is 748. The van der Waals surface area contributed by atoms with Gasteiger partial charge < -0.3 is 10.6 Å². The van der Waals surface area contributed by atoms with E-state index in [0.29, 0.717) is 10.7 Å². The largest absolute Gasteiger partial charge is 0.418 e. The van der Waals surface area contributed by atoms with Crippen LogP contribution in [-0.2, 0) is 6.18 Å². The lowest BCUT2D eigenvalue weighted by Gasteiger charge is -2.17. The van der Waals surface area contributed by atoms with Gasteiger partial charge in [0.1, 0.15) is 0 Å². The molecular weight excluding hydrogens is 368 g/mol. The van der Waals surface area contributed by atoms with E-state index in [-0.39, 0.29) is 15.8 Å². The van der Waals surface area contributed by atoms with E-state index in [1.165, 1.54) is 12.1 Å². The van der Waals surface area contributed by atoms with E-state index in [1.54, 1.807) is 25.1 Å².